The van der Waals surface area contributed by atoms with Crippen LogP contribution in [0.2, 0.25) is 0 Å². The molecule has 1 atom stereocenters. The number of halogens is 1. The summed E-state index contributed by atoms with van der Waals surface area (Å²) in [5.41, 5.74) is 2.17. The first-order valence-corrected chi connectivity index (χ1v) is 9.64. The highest BCUT2D eigenvalue weighted by molar-refractivity contribution is 8.19. The molecule has 0 saturated carbocycles. The van der Waals surface area contributed by atoms with E-state index >= 15 is 0 Å². The van der Waals surface area contributed by atoms with Crippen molar-refractivity contribution in [1.29, 1.82) is 0 Å². The first kappa shape index (κ1) is 18.0. The minimum absolute atomic E-state index is 0. The zero-order valence-electron chi connectivity index (χ0n) is 12.8. The second-order valence-corrected chi connectivity index (χ2v) is 8.38. The summed E-state index contributed by atoms with van der Waals surface area (Å²) in [6, 6.07) is 8.26. The van der Waals surface area contributed by atoms with Gasteiger partial charge in [0.2, 0.25) is 0 Å². The fourth-order valence-corrected chi connectivity index (χ4v) is 5.85. The predicted molar refractivity (Wildman–Crippen MR) is 99.3 cm³/mol. The molecule has 2 aliphatic heterocycles. The van der Waals surface area contributed by atoms with Crippen LogP contribution in [0.1, 0.15) is 26.9 Å². The van der Waals surface area contributed by atoms with E-state index in [1.807, 2.05) is 47.6 Å². The fourth-order valence-electron chi connectivity index (χ4n) is 2.99. The van der Waals surface area contributed by atoms with Gasteiger partial charge in [-0.1, -0.05) is 12.1 Å². The number of thioether (sulfide) groups is 2. The summed E-state index contributed by atoms with van der Waals surface area (Å²) in [6.07, 6.45) is 1.11. The van der Waals surface area contributed by atoms with E-state index < -0.39 is 0 Å². The van der Waals surface area contributed by atoms with Crippen LogP contribution in [-0.4, -0.2) is 49.0 Å². The number of rotatable bonds is 4. The molecule has 1 aromatic rings. The van der Waals surface area contributed by atoms with Gasteiger partial charge in [0.25, 0.3) is 5.91 Å². The summed E-state index contributed by atoms with van der Waals surface area (Å²) in [6.45, 7) is 2.77. The van der Waals surface area contributed by atoms with Crippen LogP contribution in [0.4, 0.5) is 0 Å². The molecule has 2 heterocycles. The number of nitrogens with zero attached hydrogens (tertiary/aromatic N) is 1. The number of hydrogen-bond donors (Lipinski definition) is 1. The Hall–Kier alpha value is -0.360. The molecule has 1 N–H and O–H groups in total. The Labute approximate surface area is 147 Å². The van der Waals surface area contributed by atoms with Crippen molar-refractivity contribution in [1.82, 2.24) is 10.2 Å². The maximum atomic E-state index is 12.5. The van der Waals surface area contributed by atoms with E-state index in [1.165, 1.54) is 17.1 Å². The Morgan fingerprint density at radius 3 is 2.59 bits per heavy atom. The van der Waals surface area contributed by atoms with Crippen LogP contribution < -0.4 is 5.32 Å². The van der Waals surface area contributed by atoms with Crippen LogP contribution in [0.5, 0.6) is 0 Å². The Morgan fingerprint density at radius 1 is 1.27 bits per heavy atom. The number of benzene rings is 1. The lowest BCUT2D eigenvalue weighted by molar-refractivity contribution is 0.0787. The summed E-state index contributed by atoms with van der Waals surface area (Å²) in [4.78, 5) is 14.5. The van der Waals surface area contributed by atoms with Gasteiger partial charge in [-0.05, 0) is 43.6 Å². The molecule has 0 spiro atoms. The largest absolute Gasteiger partial charge is 0.338 e. The molecular weight excluding hydrogens is 336 g/mol. The summed E-state index contributed by atoms with van der Waals surface area (Å²) in [5, 5.41) is 3.20. The van der Waals surface area contributed by atoms with Gasteiger partial charge in [0.1, 0.15) is 0 Å². The summed E-state index contributed by atoms with van der Waals surface area (Å²) in [7, 11) is 1.97. The van der Waals surface area contributed by atoms with Crippen molar-refractivity contribution in [2.24, 2.45) is 5.92 Å². The van der Waals surface area contributed by atoms with Gasteiger partial charge in [0.15, 0.2) is 0 Å². The zero-order chi connectivity index (χ0) is 14.7. The average Bonchev–Trinajstić information content (AvgIpc) is 3.19. The van der Waals surface area contributed by atoms with Crippen molar-refractivity contribution in [2.45, 2.75) is 11.0 Å². The van der Waals surface area contributed by atoms with E-state index in [9.17, 15) is 4.79 Å². The van der Waals surface area contributed by atoms with E-state index in [0.717, 1.165) is 31.6 Å². The molecule has 3 rings (SSSR count). The molecule has 0 aromatic heterocycles. The fraction of sp³-hybridized carbons (Fsp3) is 0.562. The second-order valence-electron chi connectivity index (χ2n) is 5.66. The molecule has 122 valence electrons. The number of likely N-dealkylation sites (tertiary alicyclic amines) is 1. The van der Waals surface area contributed by atoms with E-state index in [4.69, 9.17) is 0 Å². The normalized spacial score (nSPS) is 21.9. The monoisotopic (exact) mass is 358 g/mol. The van der Waals surface area contributed by atoms with E-state index in [1.54, 1.807) is 0 Å². The van der Waals surface area contributed by atoms with Gasteiger partial charge < -0.3 is 10.2 Å². The van der Waals surface area contributed by atoms with Crippen LogP contribution in [0.15, 0.2) is 24.3 Å². The first-order chi connectivity index (χ1) is 10.3. The first-order valence-electron chi connectivity index (χ1n) is 7.55. The standard InChI is InChI=1S/C16H22N2OS2.ClH/c1-17-10-12-6-7-18(11-12)15(19)13-2-4-14(5-3-13)16-20-8-9-21-16;/h2-5,12,16-17H,6-11H2,1H3;1H. The zero-order valence-corrected chi connectivity index (χ0v) is 15.2. The molecule has 2 aliphatic rings. The molecular formula is C16H23ClN2OS2. The lowest BCUT2D eigenvalue weighted by Gasteiger charge is -2.17. The van der Waals surface area contributed by atoms with Crippen LogP contribution in [0.3, 0.4) is 0 Å². The van der Waals surface area contributed by atoms with Crippen molar-refractivity contribution in [3.05, 3.63) is 35.4 Å². The van der Waals surface area contributed by atoms with Gasteiger partial charge in [0.05, 0.1) is 4.58 Å². The van der Waals surface area contributed by atoms with Gasteiger partial charge in [-0.3, -0.25) is 4.79 Å². The van der Waals surface area contributed by atoms with Crippen molar-refractivity contribution in [2.75, 3.05) is 38.2 Å². The number of carbonyl (C=O) groups excluding carboxylic acids is 1. The smallest absolute Gasteiger partial charge is 0.253 e. The van der Waals surface area contributed by atoms with Crippen LogP contribution in [0.25, 0.3) is 0 Å². The highest BCUT2D eigenvalue weighted by Crippen LogP contribution is 2.45. The van der Waals surface area contributed by atoms with Gasteiger partial charge in [0, 0.05) is 30.2 Å². The van der Waals surface area contributed by atoms with E-state index in [0.29, 0.717) is 10.5 Å². The maximum absolute atomic E-state index is 12.5. The number of hydrogen-bond acceptors (Lipinski definition) is 4. The Bertz CT molecular complexity index is 491. The van der Waals surface area contributed by atoms with Crippen LogP contribution in [-0.2, 0) is 0 Å². The number of nitrogens with one attached hydrogen (secondary N) is 1. The molecule has 1 unspecified atom stereocenters. The minimum atomic E-state index is 0. The van der Waals surface area contributed by atoms with Crippen LogP contribution >= 0.6 is 35.9 Å². The van der Waals surface area contributed by atoms with Crippen molar-refractivity contribution in [3.8, 4) is 0 Å². The highest BCUT2D eigenvalue weighted by Gasteiger charge is 2.26. The van der Waals surface area contributed by atoms with E-state index in [2.05, 4.69) is 17.4 Å². The maximum Gasteiger partial charge on any atom is 0.253 e. The predicted octanol–water partition coefficient (Wildman–Crippen LogP) is 3.27. The molecule has 1 aromatic carbocycles. The molecule has 0 bridgehead atoms. The Balaban J connectivity index is 0.00000176. The molecule has 0 aliphatic carbocycles. The average molecular weight is 359 g/mol. The van der Waals surface area contributed by atoms with Crippen LogP contribution in [0, 0.1) is 5.92 Å². The molecule has 1 amide bonds. The Morgan fingerprint density at radius 2 is 1.95 bits per heavy atom. The molecule has 0 radical (unpaired) electrons. The third-order valence-electron chi connectivity index (χ3n) is 4.12. The third-order valence-corrected chi connectivity index (χ3v) is 7.22. The lowest BCUT2D eigenvalue weighted by Crippen LogP contribution is -2.30. The van der Waals surface area contributed by atoms with Crippen molar-refractivity contribution in [3.63, 3.8) is 0 Å². The van der Waals surface area contributed by atoms with Gasteiger partial charge in [-0.15, -0.1) is 35.9 Å². The third kappa shape index (κ3) is 4.13. The molecule has 6 heteroatoms. The van der Waals surface area contributed by atoms with E-state index in [-0.39, 0.29) is 18.3 Å². The summed E-state index contributed by atoms with van der Waals surface area (Å²) >= 11 is 4.00. The lowest BCUT2D eigenvalue weighted by atomic mass is 10.1. The Kier molecular flexibility index (Phi) is 6.93. The van der Waals surface area contributed by atoms with Gasteiger partial charge in [-0.25, -0.2) is 0 Å². The van der Waals surface area contributed by atoms with Gasteiger partial charge in [-0.2, -0.15) is 0 Å². The topological polar surface area (TPSA) is 32.3 Å². The molecule has 2 fully saturated rings. The molecule has 2 saturated heterocycles. The summed E-state index contributed by atoms with van der Waals surface area (Å²) in [5.74, 6) is 3.25. The second kappa shape index (κ2) is 8.48. The quantitative estimate of drug-likeness (QED) is 0.895. The van der Waals surface area contributed by atoms with Crippen molar-refractivity contribution < 1.29 is 4.79 Å². The van der Waals surface area contributed by atoms with Crippen molar-refractivity contribution >= 4 is 41.8 Å². The number of amides is 1. The summed E-state index contributed by atoms with van der Waals surface area (Å²) < 4.78 is 0.556. The number of carbonyl (C=O) groups is 1. The van der Waals surface area contributed by atoms with Gasteiger partial charge >= 0.3 is 0 Å². The minimum Gasteiger partial charge on any atom is -0.338 e. The molecule has 3 nitrogen and oxygen atoms in total. The highest BCUT2D eigenvalue weighted by atomic mass is 35.5. The SMILES string of the molecule is CNCC1CCN(C(=O)c2ccc(C3SCCS3)cc2)C1.Cl. The molecule has 22 heavy (non-hydrogen) atoms.